The van der Waals surface area contributed by atoms with Gasteiger partial charge < -0.3 is 14.4 Å². The number of carbonyl (C=O) groups excluding carboxylic acids is 2. The van der Waals surface area contributed by atoms with Crippen LogP contribution in [0, 0.1) is 23.7 Å². The molecule has 0 aliphatic carbocycles. The van der Waals surface area contributed by atoms with Crippen molar-refractivity contribution in [1.82, 2.24) is 0 Å². The maximum Gasteiger partial charge on any atom is 0.472 e. The molecule has 8 nitrogen and oxygen atoms in total. The van der Waals surface area contributed by atoms with Crippen molar-refractivity contribution in [2.75, 3.05) is 42.8 Å². The van der Waals surface area contributed by atoms with Gasteiger partial charge in [0.05, 0.1) is 24.7 Å². The molecular weight excluding hydrogens is 680 g/mol. The minimum atomic E-state index is -4.30. The predicted octanol–water partition coefficient (Wildman–Crippen LogP) is 10.3. The van der Waals surface area contributed by atoms with Gasteiger partial charge in [-0.1, -0.05) is 97.8 Å². The highest BCUT2D eigenvalue weighted by Crippen LogP contribution is 2.43. The Morgan fingerprint density at radius 1 is 0.612 bits per heavy atom. The molecule has 0 bridgehead atoms. The van der Waals surface area contributed by atoms with Crippen LogP contribution in [0.4, 0.5) is 0 Å². The number of hydrogen-bond donors (Lipinski definition) is 1. The van der Waals surface area contributed by atoms with Gasteiger partial charge in [-0.15, -0.1) is 23.7 Å². The van der Waals surface area contributed by atoms with Crippen LogP contribution in [0.2, 0.25) is 0 Å². The molecule has 1 unspecified atom stereocenters. The average Bonchev–Trinajstić information content (AvgIpc) is 3.08. The van der Waals surface area contributed by atoms with Crippen LogP contribution in [0.15, 0.2) is 0 Å². The monoisotopic (exact) mass is 746 g/mol. The molecule has 0 saturated heterocycles. The third-order valence-electron chi connectivity index (χ3n) is 7.33. The van der Waals surface area contributed by atoms with E-state index in [4.69, 9.17) is 18.5 Å². The minimum Gasteiger partial charge on any atom is -0.461 e. The molecule has 49 heavy (non-hydrogen) atoms. The lowest BCUT2D eigenvalue weighted by Crippen LogP contribution is -2.30. The summed E-state index contributed by atoms with van der Waals surface area (Å²) in [5.74, 6) is 13.8. The zero-order valence-electron chi connectivity index (χ0n) is 30.9. The van der Waals surface area contributed by atoms with E-state index in [0.29, 0.717) is 6.42 Å². The van der Waals surface area contributed by atoms with Gasteiger partial charge in [-0.25, -0.2) is 4.57 Å². The normalized spacial score (nSPS) is 12.7. The summed E-state index contributed by atoms with van der Waals surface area (Å²) < 4.78 is 32.8. The molecule has 0 spiro atoms. The topological polar surface area (TPSA) is 108 Å². The van der Waals surface area contributed by atoms with E-state index >= 15 is 0 Å². The molecule has 0 aromatic rings. The third-order valence-corrected chi connectivity index (χ3v) is 10.4. The van der Waals surface area contributed by atoms with E-state index in [9.17, 15) is 19.0 Å². The number of esters is 2. The molecule has 0 saturated carbocycles. The summed E-state index contributed by atoms with van der Waals surface area (Å²) in [5.41, 5.74) is 0. The van der Waals surface area contributed by atoms with Crippen LogP contribution in [0.3, 0.4) is 0 Å². The first-order chi connectivity index (χ1) is 23.8. The molecule has 0 amide bonds. The van der Waals surface area contributed by atoms with Crippen LogP contribution < -0.4 is 0 Å². The Labute approximate surface area is 308 Å². The smallest absolute Gasteiger partial charge is 0.461 e. The van der Waals surface area contributed by atoms with E-state index in [2.05, 4.69) is 37.5 Å². The largest absolute Gasteiger partial charge is 0.472 e. The van der Waals surface area contributed by atoms with Gasteiger partial charge in [-0.2, -0.15) is 23.5 Å². The fraction of sp³-hybridized carbons (Fsp3) is 0.842. The molecule has 0 aromatic carbocycles. The molecule has 0 aliphatic heterocycles. The number of carbonyl (C=O) groups is 2. The van der Waals surface area contributed by atoms with Crippen LogP contribution in [0.1, 0.15) is 156 Å². The lowest BCUT2D eigenvalue weighted by molar-refractivity contribution is -0.157. The summed E-state index contributed by atoms with van der Waals surface area (Å²) >= 11 is 3.02. The highest BCUT2D eigenvalue weighted by molar-refractivity contribution is 8.00. The first-order valence-electron chi connectivity index (χ1n) is 18.9. The number of ether oxygens (including phenoxy) is 2. The van der Waals surface area contributed by atoms with E-state index in [1.807, 2.05) is 6.92 Å². The van der Waals surface area contributed by atoms with Gasteiger partial charge >= 0.3 is 19.8 Å². The second-order valence-corrected chi connectivity index (χ2v) is 15.7. The van der Waals surface area contributed by atoms with Crippen LogP contribution >= 0.6 is 31.3 Å². The van der Waals surface area contributed by atoms with Crippen LogP contribution in [0.25, 0.3) is 0 Å². The summed E-state index contributed by atoms with van der Waals surface area (Å²) in [6.07, 6.45) is 22.6. The lowest BCUT2D eigenvalue weighted by Gasteiger charge is -2.19. The van der Waals surface area contributed by atoms with Gasteiger partial charge in [0.1, 0.15) is 6.61 Å². The van der Waals surface area contributed by atoms with Gasteiger partial charge in [0, 0.05) is 25.7 Å². The van der Waals surface area contributed by atoms with E-state index in [1.54, 1.807) is 0 Å². The molecule has 11 heteroatoms. The molecular formula is C38H67O8PS2. The van der Waals surface area contributed by atoms with E-state index < -0.39 is 32.5 Å². The van der Waals surface area contributed by atoms with Crippen molar-refractivity contribution in [1.29, 1.82) is 0 Å². The van der Waals surface area contributed by atoms with E-state index in [0.717, 1.165) is 62.9 Å². The first kappa shape index (κ1) is 47.9. The van der Waals surface area contributed by atoms with Crippen molar-refractivity contribution in [3.63, 3.8) is 0 Å². The third kappa shape index (κ3) is 36.5. The number of phosphoric acid groups is 1. The zero-order valence-corrected chi connectivity index (χ0v) is 33.5. The number of hydrogen-bond acceptors (Lipinski definition) is 9. The summed E-state index contributed by atoms with van der Waals surface area (Å²) in [6.45, 7) is 5.37. The molecule has 284 valence electrons. The van der Waals surface area contributed by atoms with Crippen LogP contribution in [-0.4, -0.2) is 65.8 Å². The highest BCUT2D eigenvalue weighted by atomic mass is 32.2. The Balaban J connectivity index is 4.18. The minimum absolute atomic E-state index is 0.0606. The summed E-state index contributed by atoms with van der Waals surface area (Å²) in [5, 5.41) is 0. The molecule has 0 radical (unpaired) electrons. The summed E-state index contributed by atoms with van der Waals surface area (Å²) in [6, 6.07) is 0. The van der Waals surface area contributed by atoms with Crippen LogP contribution in [-0.2, 0) is 32.7 Å². The van der Waals surface area contributed by atoms with Gasteiger partial charge in [0.25, 0.3) is 0 Å². The second-order valence-electron chi connectivity index (χ2n) is 12.1. The molecule has 0 aliphatic rings. The maximum atomic E-state index is 12.5. The van der Waals surface area contributed by atoms with Crippen LogP contribution in [0.5, 0.6) is 0 Å². The molecule has 2 atom stereocenters. The standard InChI is InChI=1S/C38H67O8PS2/c1-4-7-9-11-13-15-17-19-21-23-25-27-30-48-34-37(39)43-32-36(33-45-47(41,42)44-29-6-3)46-38(40)35-49-31-28-26-24-22-20-18-16-14-12-10-8-5-2/h36H,4-6,11-35H2,1-3H3,(H,41,42)/t36-/m1/s1. The van der Waals surface area contributed by atoms with Crippen molar-refractivity contribution < 1.29 is 37.6 Å². The quantitative estimate of drug-likeness (QED) is 0.0302. The number of phosphoric ester groups is 1. The predicted molar refractivity (Wildman–Crippen MR) is 207 cm³/mol. The fourth-order valence-electron chi connectivity index (χ4n) is 4.68. The Morgan fingerprint density at radius 3 is 1.53 bits per heavy atom. The SMILES string of the molecule is CCC#CCCCCCCCCCCSCC(=O)OC[C@H](COP(=O)(O)OCCC)OC(=O)CSCCCCCCCCCCC#CCC. The number of thioether (sulfide) groups is 2. The van der Waals surface area contributed by atoms with Gasteiger partial charge in [-0.3, -0.25) is 18.6 Å². The maximum absolute atomic E-state index is 12.5. The molecule has 0 rings (SSSR count). The van der Waals surface area contributed by atoms with Crippen molar-refractivity contribution in [3.05, 3.63) is 0 Å². The lowest BCUT2D eigenvalue weighted by atomic mass is 10.1. The van der Waals surface area contributed by atoms with Crippen molar-refractivity contribution >= 4 is 43.3 Å². The second kappa shape index (κ2) is 36.7. The molecule has 1 N–H and O–H groups in total. The molecule has 0 fully saturated rings. The number of rotatable bonds is 33. The Kier molecular flexibility index (Phi) is 35.8. The Hall–Kier alpha value is -1.13. The first-order valence-corrected chi connectivity index (χ1v) is 22.7. The summed E-state index contributed by atoms with van der Waals surface area (Å²) in [4.78, 5) is 34.7. The molecule has 0 heterocycles. The van der Waals surface area contributed by atoms with E-state index in [1.165, 1.54) is 101 Å². The average molecular weight is 747 g/mol. The van der Waals surface area contributed by atoms with Crippen molar-refractivity contribution in [2.45, 2.75) is 162 Å². The van der Waals surface area contributed by atoms with E-state index in [-0.39, 0.29) is 24.7 Å². The van der Waals surface area contributed by atoms with Gasteiger partial charge in [0.2, 0.25) is 0 Å². The zero-order chi connectivity index (χ0) is 36.1. The Morgan fingerprint density at radius 2 is 1.06 bits per heavy atom. The highest BCUT2D eigenvalue weighted by Gasteiger charge is 2.26. The Bertz CT molecular complexity index is 972. The molecule has 0 aromatic heterocycles. The number of unbranched alkanes of at least 4 members (excludes halogenated alkanes) is 16. The van der Waals surface area contributed by atoms with Gasteiger partial charge in [-0.05, 0) is 43.6 Å². The fourth-order valence-corrected chi connectivity index (χ4v) is 7.11. The summed E-state index contributed by atoms with van der Waals surface area (Å²) in [7, 11) is -4.30. The van der Waals surface area contributed by atoms with Crippen molar-refractivity contribution in [3.8, 4) is 23.7 Å². The van der Waals surface area contributed by atoms with Crippen molar-refractivity contribution in [2.24, 2.45) is 0 Å². The van der Waals surface area contributed by atoms with Gasteiger partial charge in [0.15, 0.2) is 6.10 Å².